The van der Waals surface area contributed by atoms with Gasteiger partial charge in [0, 0.05) is 44.8 Å². The van der Waals surface area contributed by atoms with E-state index in [1.807, 2.05) is 0 Å². The maximum Gasteiger partial charge on any atom is 0.159 e. The van der Waals surface area contributed by atoms with Crippen LogP contribution in [0.4, 0.5) is 34.1 Å². The third kappa shape index (κ3) is 6.20. The van der Waals surface area contributed by atoms with E-state index in [2.05, 4.69) is 254 Å². The van der Waals surface area contributed by atoms with Gasteiger partial charge in [-0.3, -0.25) is 0 Å². The van der Waals surface area contributed by atoms with E-state index in [9.17, 15) is 0 Å². The smallest absolute Gasteiger partial charge is 0.159 e. The number of hydrogen-bond donors (Lipinski definition) is 0. The summed E-state index contributed by atoms with van der Waals surface area (Å²) in [6.07, 6.45) is 0. The van der Waals surface area contributed by atoms with Gasteiger partial charge < -0.3 is 14.5 Å². The van der Waals surface area contributed by atoms with Gasteiger partial charge in [-0.2, -0.15) is 0 Å². The largest absolute Gasteiger partial charge is 0.454 e. The lowest BCUT2D eigenvalue weighted by molar-refractivity contribution is 0.488. The standard InChI is InChI=1S/C61H44N2O/c1-61(2)55-24-13-12-22-51(55)52-36-34-50(40-56(52)61)63(48-32-29-44(30-33-48)43-27-25-42(26-28-43)41-15-6-3-7-16-41)57-37-31-45-17-14-23-53-54-39-49(35-38-58(54)64-60(57)59(45)53)62(46-18-8-4-9-19-46)47-20-10-5-11-21-47/h3-40H,1-2H3. The van der Waals surface area contributed by atoms with Crippen LogP contribution in [-0.2, 0) is 5.41 Å². The van der Waals surface area contributed by atoms with Crippen LogP contribution in [0.25, 0.3) is 55.3 Å². The second-order valence-corrected chi connectivity index (χ2v) is 17.3. The Morgan fingerprint density at radius 2 is 0.859 bits per heavy atom. The molecular weight excluding hydrogens is 777 g/mol. The quantitative estimate of drug-likeness (QED) is 0.152. The van der Waals surface area contributed by atoms with Gasteiger partial charge in [0.05, 0.1) is 5.69 Å². The van der Waals surface area contributed by atoms with E-state index in [-0.39, 0.29) is 5.41 Å². The van der Waals surface area contributed by atoms with E-state index in [1.54, 1.807) is 0 Å². The van der Waals surface area contributed by atoms with Crippen molar-refractivity contribution in [3.8, 4) is 56.0 Å². The summed E-state index contributed by atoms with van der Waals surface area (Å²) in [5, 5.41) is 2.24. The average molecular weight is 821 g/mol. The summed E-state index contributed by atoms with van der Waals surface area (Å²) < 4.78 is 7.22. The van der Waals surface area contributed by atoms with E-state index in [0.717, 1.165) is 73.1 Å². The van der Waals surface area contributed by atoms with Crippen LogP contribution in [-0.4, -0.2) is 0 Å². The van der Waals surface area contributed by atoms with Crippen molar-refractivity contribution in [1.29, 1.82) is 0 Å². The van der Waals surface area contributed by atoms with Gasteiger partial charge in [0.25, 0.3) is 0 Å². The minimum absolute atomic E-state index is 0.158. The first kappa shape index (κ1) is 37.6. The maximum atomic E-state index is 7.22. The van der Waals surface area contributed by atoms with Crippen LogP contribution in [0.2, 0.25) is 0 Å². The number of rotatable bonds is 8. The highest BCUT2D eigenvalue weighted by Gasteiger charge is 2.36. The fourth-order valence-corrected chi connectivity index (χ4v) is 10.1. The molecule has 0 saturated carbocycles. The lowest BCUT2D eigenvalue weighted by Crippen LogP contribution is -2.17. The molecule has 0 saturated heterocycles. The number of ether oxygens (including phenoxy) is 1. The van der Waals surface area contributed by atoms with Crippen LogP contribution in [0.15, 0.2) is 231 Å². The molecule has 0 radical (unpaired) electrons. The van der Waals surface area contributed by atoms with Gasteiger partial charge in [-0.05, 0) is 128 Å². The second-order valence-electron chi connectivity index (χ2n) is 17.3. The van der Waals surface area contributed by atoms with Crippen molar-refractivity contribution in [3.05, 3.63) is 242 Å². The predicted molar refractivity (Wildman–Crippen MR) is 267 cm³/mol. The summed E-state index contributed by atoms with van der Waals surface area (Å²) in [4.78, 5) is 4.70. The van der Waals surface area contributed by atoms with Gasteiger partial charge in [0.1, 0.15) is 5.75 Å². The SMILES string of the molecule is CC1(C)c2ccccc2-c2ccc(N(c3ccc(-c4ccc(-c5ccccc5)cc4)cc3)c3ccc4cccc5c4c3Oc3ccc(N(c4ccccc4)c4ccccc4)cc3-5)cc21. The van der Waals surface area contributed by atoms with Crippen LogP contribution >= 0.6 is 0 Å². The number of hydrogen-bond acceptors (Lipinski definition) is 3. The van der Waals surface area contributed by atoms with E-state index in [4.69, 9.17) is 4.74 Å². The highest BCUT2D eigenvalue weighted by atomic mass is 16.5. The molecule has 0 atom stereocenters. The molecule has 0 aromatic heterocycles. The lowest BCUT2D eigenvalue weighted by atomic mass is 9.82. The summed E-state index contributed by atoms with van der Waals surface area (Å²) in [5.74, 6) is 1.68. The number of benzene rings is 10. The van der Waals surface area contributed by atoms with Crippen molar-refractivity contribution in [2.24, 2.45) is 0 Å². The molecule has 0 fully saturated rings. The number of para-hydroxylation sites is 2. The van der Waals surface area contributed by atoms with Crippen molar-refractivity contribution in [3.63, 3.8) is 0 Å². The molecule has 64 heavy (non-hydrogen) atoms. The molecule has 10 aromatic rings. The van der Waals surface area contributed by atoms with Crippen molar-refractivity contribution in [2.45, 2.75) is 19.3 Å². The molecule has 1 aliphatic heterocycles. The summed E-state index contributed by atoms with van der Waals surface area (Å²) in [6, 6.07) is 83.1. The van der Waals surface area contributed by atoms with Gasteiger partial charge in [0.15, 0.2) is 5.75 Å². The monoisotopic (exact) mass is 820 g/mol. The van der Waals surface area contributed by atoms with E-state index >= 15 is 0 Å². The molecule has 3 heteroatoms. The molecule has 0 bridgehead atoms. The summed E-state index contributed by atoms with van der Waals surface area (Å²) in [6.45, 7) is 4.70. The van der Waals surface area contributed by atoms with Crippen LogP contribution in [0.5, 0.6) is 11.5 Å². The normalized spacial score (nSPS) is 12.8. The molecule has 0 amide bonds. The molecule has 304 valence electrons. The first-order valence-electron chi connectivity index (χ1n) is 22.1. The highest BCUT2D eigenvalue weighted by Crippen LogP contribution is 2.56. The number of nitrogens with zero attached hydrogens (tertiary/aromatic N) is 2. The fraction of sp³-hybridized carbons (Fsp3) is 0.0492. The first-order valence-corrected chi connectivity index (χ1v) is 22.1. The Morgan fingerprint density at radius 3 is 1.55 bits per heavy atom. The van der Waals surface area contributed by atoms with Crippen molar-refractivity contribution < 1.29 is 4.74 Å². The molecule has 1 heterocycles. The summed E-state index contributed by atoms with van der Waals surface area (Å²) >= 11 is 0. The Morgan fingerprint density at radius 1 is 0.344 bits per heavy atom. The Labute approximate surface area is 374 Å². The van der Waals surface area contributed by atoms with Gasteiger partial charge in [-0.25, -0.2) is 0 Å². The van der Waals surface area contributed by atoms with Crippen molar-refractivity contribution in [2.75, 3.05) is 9.80 Å². The molecule has 1 aliphatic carbocycles. The molecule has 3 nitrogen and oxygen atoms in total. The third-order valence-electron chi connectivity index (χ3n) is 13.2. The van der Waals surface area contributed by atoms with Gasteiger partial charge in [-0.1, -0.05) is 172 Å². The molecule has 12 rings (SSSR count). The van der Waals surface area contributed by atoms with Crippen molar-refractivity contribution >= 4 is 44.9 Å². The Balaban J connectivity index is 1.00. The first-order chi connectivity index (χ1) is 31.5. The van der Waals surface area contributed by atoms with Gasteiger partial charge in [0.2, 0.25) is 0 Å². The van der Waals surface area contributed by atoms with Crippen LogP contribution in [0, 0.1) is 0 Å². The topological polar surface area (TPSA) is 15.7 Å². The zero-order valence-electron chi connectivity index (χ0n) is 35.7. The van der Waals surface area contributed by atoms with Crippen LogP contribution in [0.3, 0.4) is 0 Å². The Hall–Kier alpha value is -8.14. The zero-order chi connectivity index (χ0) is 42.8. The fourth-order valence-electron chi connectivity index (χ4n) is 10.1. The lowest BCUT2D eigenvalue weighted by Gasteiger charge is -2.32. The molecule has 0 unspecified atom stereocenters. The Kier molecular flexibility index (Phi) is 8.84. The summed E-state index contributed by atoms with van der Waals surface area (Å²) in [7, 11) is 0. The number of anilines is 6. The molecule has 0 spiro atoms. The molecule has 2 aliphatic rings. The minimum Gasteiger partial charge on any atom is -0.454 e. The minimum atomic E-state index is -0.158. The zero-order valence-corrected chi connectivity index (χ0v) is 35.7. The van der Waals surface area contributed by atoms with Crippen LogP contribution in [0.1, 0.15) is 25.0 Å². The number of fused-ring (bicyclic) bond motifs is 5. The van der Waals surface area contributed by atoms with Crippen molar-refractivity contribution in [1.82, 2.24) is 0 Å². The van der Waals surface area contributed by atoms with E-state index in [0.29, 0.717) is 0 Å². The summed E-state index contributed by atoms with van der Waals surface area (Å²) in [5.41, 5.74) is 18.5. The highest BCUT2D eigenvalue weighted by molar-refractivity contribution is 6.09. The van der Waals surface area contributed by atoms with Crippen LogP contribution < -0.4 is 14.5 Å². The molecular formula is C61H44N2O. The second kappa shape index (κ2) is 15.0. The van der Waals surface area contributed by atoms with Gasteiger partial charge in [-0.15, -0.1) is 0 Å². The maximum absolute atomic E-state index is 7.22. The average Bonchev–Trinajstić information content (AvgIpc) is 3.59. The third-order valence-corrected chi connectivity index (χ3v) is 13.2. The van der Waals surface area contributed by atoms with E-state index < -0.39 is 0 Å². The predicted octanol–water partition coefficient (Wildman–Crippen LogP) is 17.2. The van der Waals surface area contributed by atoms with Gasteiger partial charge >= 0.3 is 0 Å². The Bertz CT molecular complexity index is 3320. The molecule has 10 aromatic carbocycles. The van der Waals surface area contributed by atoms with E-state index in [1.165, 1.54) is 38.9 Å². The molecule has 0 N–H and O–H groups in total.